The highest BCUT2D eigenvalue weighted by molar-refractivity contribution is 5.96. The molecule has 8 heteroatoms. The molecule has 0 aliphatic carbocycles. The summed E-state index contributed by atoms with van der Waals surface area (Å²) in [5.41, 5.74) is 0.907. The average Bonchev–Trinajstić information content (AvgIpc) is 3.27. The number of carbonyl (C=O) groups is 2. The SMILES string of the molecule is Cc1ccc(F)cc1C(=O)N1CCC2(CC1)CN1CC[C@@H](c3cc(F)cc(F)c3)N1C2=O. The van der Waals surface area contributed by atoms with Gasteiger partial charge in [0.25, 0.3) is 5.91 Å². The maximum Gasteiger partial charge on any atom is 0.254 e. The van der Waals surface area contributed by atoms with E-state index in [1.165, 1.54) is 24.3 Å². The van der Waals surface area contributed by atoms with E-state index in [0.717, 1.165) is 6.07 Å². The van der Waals surface area contributed by atoms with Gasteiger partial charge in [-0.3, -0.25) is 14.6 Å². The second-order valence-corrected chi connectivity index (χ2v) is 9.08. The van der Waals surface area contributed by atoms with Crippen molar-refractivity contribution in [1.82, 2.24) is 14.9 Å². The van der Waals surface area contributed by atoms with Gasteiger partial charge in [0.05, 0.1) is 11.5 Å². The molecular formula is C24H24F3N3O2. The van der Waals surface area contributed by atoms with Gasteiger partial charge < -0.3 is 4.90 Å². The van der Waals surface area contributed by atoms with Crippen LogP contribution in [0.25, 0.3) is 0 Å². The first-order valence-electron chi connectivity index (χ1n) is 10.9. The van der Waals surface area contributed by atoms with Crippen LogP contribution in [0, 0.1) is 29.8 Å². The molecule has 1 spiro atoms. The van der Waals surface area contributed by atoms with Gasteiger partial charge in [0.1, 0.15) is 17.5 Å². The Morgan fingerprint density at radius 2 is 1.66 bits per heavy atom. The van der Waals surface area contributed by atoms with E-state index >= 15 is 0 Å². The van der Waals surface area contributed by atoms with Crippen molar-refractivity contribution in [3.05, 3.63) is 70.5 Å². The Bertz CT molecular complexity index is 1080. The van der Waals surface area contributed by atoms with E-state index < -0.39 is 22.9 Å². The molecule has 2 aromatic rings. The summed E-state index contributed by atoms with van der Waals surface area (Å²) >= 11 is 0. The Balaban J connectivity index is 1.32. The molecule has 0 radical (unpaired) electrons. The summed E-state index contributed by atoms with van der Waals surface area (Å²) < 4.78 is 41.2. The summed E-state index contributed by atoms with van der Waals surface area (Å²) in [6, 6.07) is 7.20. The van der Waals surface area contributed by atoms with Crippen LogP contribution in [0.15, 0.2) is 36.4 Å². The maximum absolute atomic E-state index is 13.8. The number of hydrogen-bond acceptors (Lipinski definition) is 3. The number of halogens is 3. The van der Waals surface area contributed by atoms with Crippen LogP contribution in [-0.2, 0) is 4.79 Å². The molecule has 3 aliphatic rings. The number of likely N-dealkylation sites (tertiary alicyclic amines) is 1. The first kappa shape index (κ1) is 21.0. The molecule has 5 rings (SSSR count). The van der Waals surface area contributed by atoms with E-state index in [2.05, 4.69) is 0 Å². The van der Waals surface area contributed by atoms with Crippen molar-refractivity contribution < 1.29 is 22.8 Å². The standard InChI is InChI=1S/C24H24F3N3O2/c1-15-2-3-17(25)13-20(15)22(31)28-8-5-24(6-9-28)14-29-7-4-21(30(29)23(24)32)16-10-18(26)12-19(27)11-16/h2-3,10-13,21H,4-9,14H2,1H3/t21-/m0/s1. The fraction of sp³-hybridized carbons (Fsp3) is 0.417. The number of aryl methyl sites for hydroxylation is 1. The van der Waals surface area contributed by atoms with Crippen LogP contribution in [0.1, 0.15) is 46.8 Å². The molecule has 0 saturated carbocycles. The molecule has 0 N–H and O–H groups in total. The number of hydrazine groups is 1. The van der Waals surface area contributed by atoms with Gasteiger partial charge in [0.15, 0.2) is 0 Å². The molecule has 0 unspecified atom stereocenters. The molecule has 3 fully saturated rings. The summed E-state index contributed by atoms with van der Waals surface area (Å²) in [5, 5.41) is 3.65. The molecule has 168 valence electrons. The molecule has 0 aromatic heterocycles. The van der Waals surface area contributed by atoms with Crippen molar-refractivity contribution in [2.75, 3.05) is 26.2 Å². The molecule has 5 nitrogen and oxygen atoms in total. The summed E-state index contributed by atoms with van der Waals surface area (Å²) in [6.07, 6.45) is 1.63. The molecule has 3 aliphatic heterocycles. The number of amides is 2. The van der Waals surface area contributed by atoms with Gasteiger partial charge in [-0.2, -0.15) is 0 Å². The van der Waals surface area contributed by atoms with Crippen LogP contribution in [-0.4, -0.2) is 52.9 Å². The minimum atomic E-state index is -0.653. The Labute approximate surface area is 184 Å². The van der Waals surface area contributed by atoms with E-state index in [1.807, 2.05) is 5.01 Å². The van der Waals surface area contributed by atoms with Gasteiger partial charge in [0, 0.05) is 37.8 Å². The predicted molar refractivity (Wildman–Crippen MR) is 111 cm³/mol. The molecule has 2 amide bonds. The number of fused-ring (bicyclic) bond motifs is 1. The summed E-state index contributed by atoms with van der Waals surface area (Å²) in [5.74, 6) is -2.03. The first-order chi connectivity index (χ1) is 15.3. The van der Waals surface area contributed by atoms with Crippen molar-refractivity contribution in [2.45, 2.75) is 32.2 Å². The van der Waals surface area contributed by atoms with E-state index in [4.69, 9.17) is 0 Å². The van der Waals surface area contributed by atoms with E-state index in [-0.39, 0.29) is 17.9 Å². The summed E-state index contributed by atoms with van der Waals surface area (Å²) in [4.78, 5) is 28.1. The van der Waals surface area contributed by atoms with Crippen molar-refractivity contribution >= 4 is 11.8 Å². The topological polar surface area (TPSA) is 43.9 Å². The predicted octanol–water partition coefficient (Wildman–Crippen LogP) is 3.84. The van der Waals surface area contributed by atoms with Gasteiger partial charge in [-0.15, -0.1) is 0 Å². The molecule has 2 aromatic carbocycles. The van der Waals surface area contributed by atoms with Gasteiger partial charge in [0.2, 0.25) is 5.91 Å². The number of carbonyl (C=O) groups excluding carboxylic acids is 2. The zero-order valence-electron chi connectivity index (χ0n) is 17.8. The Morgan fingerprint density at radius 1 is 0.969 bits per heavy atom. The van der Waals surface area contributed by atoms with Gasteiger partial charge in [-0.1, -0.05) is 6.07 Å². The normalized spacial score (nSPS) is 22.6. The second kappa shape index (κ2) is 7.62. The van der Waals surface area contributed by atoms with Gasteiger partial charge >= 0.3 is 0 Å². The second-order valence-electron chi connectivity index (χ2n) is 9.08. The van der Waals surface area contributed by atoms with E-state index in [9.17, 15) is 22.8 Å². The van der Waals surface area contributed by atoms with Crippen LogP contribution in [0.4, 0.5) is 13.2 Å². The van der Waals surface area contributed by atoms with Crippen molar-refractivity contribution in [3.63, 3.8) is 0 Å². The quantitative estimate of drug-likeness (QED) is 0.709. The summed E-state index contributed by atoms with van der Waals surface area (Å²) in [6.45, 7) is 3.77. The average molecular weight is 443 g/mol. The fourth-order valence-electron chi connectivity index (χ4n) is 5.36. The molecular weight excluding hydrogens is 419 g/mol. The third-order valence-corrected chi connectivity index (χ3v) is 7.11. The Kier molecular flexibility index (Phi) is 5.00. The zero-order valence-corrected chi connectivity index (χ0v) is 17.8. The molecule has 0 bridgehead atoms. The highest BCUT2D eigenvalue weighted by Crippen LogP contribution is 2.47. The molecule has 32 heavy (non-hydrogen) atoms. The molecule has 1 atom stereocenters. The van der Waals surface area contributed by atoms with Crippen LogP contribution in [0.5, 0.6) is 0 Å². The van der Waals surface area contributed by atoms with E-state index in [0.29, 0.717) is 62.1 Å². The zero-order chi connectivity index (χ0) is 22.6. The number of benzene rings is 2. The lowest BCUT2D eigenvalue weighted by Crippen LogP contribution is -2.48. The van der Waals surface area contributed by atoms with Gasteiger partial charge in [-0.25, -0.2) is 18.2 Å². The third-order valence-electron chi connectivity index (χ3n) is 7.11. The third kappa shape index (κ3) is 3.37. The molecule has 3 saturated heterocycles. The lowest BCUT2D eigenvalue weighted by molar-refractivity contribution is -0.144. The van der Waals surface area contributed by atoms with Crippen LogP contribution in [0.3, 0.4) is 0 Å². The van der Waals surface area contributed by atoms with Crippen LogP contribution >= 0.6 is 0 Å². The van der Waals surface area contributed by atoms with Crippen molar-refractivity contribution in [3.8, 4) is 0 Å². The number of hydrogen-bond donors (Lipinski definition) is 0. The van der Waals surface area contributed by atoms with E-state index in [1.54, 1.807) is 22.9 Å². The molecule has 3 heterocycles. The monoisotopic (exact) mass is 443 g/mol. The largest absolute Gasteiger partial charge is 0.339 e. The van der Waals surface area contributed by atoms with Crippen molar-refractivity contribution in [2.24, 2.45) is 5.41 Å². The minimum absolute atomic E-state index is 0.0429. The Morgan fingerprint density at radius 3 is 2.34 bits per heavy atom. The first-order valence-corrected chi connectivity index (χ1v) is 10.9. The fourth-order valence-corrected chi connectivity index (χ4v) is 5.36. The van der Waals surface area contributed by atoms with Gasteiger partial charge in [-0.05, 0) is 61.6 Å². The lowest BCUT2D eigenvalue weighted by atomic mass is 9.77. The van der Waals surface area contributed by atoms with Crippen LogP contribution < -0.4 is 0 Å². The number of nitrogens with zero attached hydrogens (tertiary/aromatic N) is 3. The number of rotatable bonds is 2. The maximum atomic E-state index is 13.8. The lowest BCUT2D eigenvalue weighted by Gasteiger charge is -2.38. The smallest absolute Gasteiger partial charge is 0.254 e. The minimum Gasteiger partial charge on any atom is -0.339 e. The highest BCUT2D eigenvalue weighted by atomic mass is 19.1. The Hall–Kier alpha value is -2.87. The van der Waals surface area contributed by atoms with Crippen molar-refractivity contribution in [1.29, 1.82) is 0 Å². The number of piperidine rings is 1. The van der Waals surface area contributed by atoms with Crippen LogP contribution in [0.2, 0.25) is 0 Å². The highest BCUT2D eigenvalue weighted by Gasteiger charge is 2.56. The summed E-state index contributed by atoms with van der Waals surface area (Å²) in [7, 11) is 0.